The number of anilines is 2. The average molecular weight is 265 g/mol. The highest BCUT2D eigenvalue weighted by atomic mass is 16.5. The number of nitrogen functional groups attached to an aromatic ring is 2. The summed E-state index contributed by atoms with van der Waals surface area (Å²) in [6.45, 7) is -0.226. The molecule has 1 aliphatic rings. The van der Waals surface area contributed by atoms with Gasteiger partial charge in [-0.25, -0.2) is 0 Å². The summed E-state index contributed by atoms with van der Waals surface area (Å²) >= 11 is 0. The molecule has 0 spiro atoms. The summed E-state index contributed by atoms with van der Waals surface area (Å²) in [6, 6.07) is 1.77. The van der Waals surface area contributed by atoms with Gasteiger partial charge in [0.25, 0.3) is 0 Å². The Bertz CT molecular complexity index is 614. The first-order valence-electron chi connectivity index (χ1n) is 5.94. The Morgan fingerprint density at radius 2 is 2.21 bits per heavy atom. The average Bonchev–Trinajstić information content (AvgIpc) is 2.92. The summed E-state index contributed by atoms with van der Waals surface area (Å²) in [6.07, 6.45) is 0.437. The number of aliphatic hydroxyl groups excluding tert-OH is 2. The number of nitrogens with two attached hydrogens (primary N) is 2. The van der Waals surface area contributed by atoms with Gasteiger partial charge in [-0.1, -0.05) is 0 Å². The minimum atomic E-state index is -0.705. The Hall–Kier alpha value is -1.90. The number of ether oxygens (including phenoxy) is 1. The van der Waals surface area contributed by atoms with E-state index in [0.717, 1.165) is 0 Å². The van der Waals surface area contributed by atoms with Crippen LogP contribution in [0.4, 0.5) is 11.8 Å². The highest BCUT2D eigenvalue weighted by molar-refractivity contribution is 5.87. The van der Waals surface area contributed by atoms with Crippen LogP contribution in [-0.4, -0.2) is 43.6 Å². The van der Waals surface area contributed by atoms with Gasteiger partial charge in [-0.05, 0) is 6.07 Å². The molecule has 0 unspecified atom stereocenters. The predicted molar refractivity (Wildman–Crippen MR) is 68.0 cm³/mol. The smallest absolute Gasteiger partial charge is 0.223 e. The SMILES string of the molecule is Nc1nc(N)c2ccn([C@H]3C[C@H](O)[C@@H](CO)O3)c2n1. The van der Waals surface area contributed by atoms with Crippen molar-refractivity contribution in [2.24, 2.45) is 0 Å². The van der Waals surface area contributed by atoms with Crippen molar-refractivity contribution >= 4 is 22.8 Å². The number of hydrogen-bond donors (Lipinski definition) is 4. The van der Waals surface area contributed by atoms with Crippen LogP contribution in [-0.2, 0) is 4.74 Å². The van der Waals surface area contributed by atoms with Crippen LogP contribution in [0.15, 0.2) is 12.3 Å². The van der Waals surface area contributed by atoms with E-state index in [9.17, 15) is 5.11 Å². The van der Waals surface area contributed by atoms with Crippen molar-refractivity contribution in [1.82, 2.24) is 14.5 Å². The van der Waals surface area contributed by atoms with Crippen molar-refractivity contribution in [2.45, 2.75) is 24.9 Å². The molecule has 0 aliphatic carbocycles. The van der Waals surface area contributed by atoms with Gasteiger partial charge in [-0.15, -0.1) is 0 Å². The minimum Gasteiger partial charge on any atom is -0.394 e. The normalized spacial score (nSPS) is 27.2. The van der Waals surface area contributed by atoms with Gasteiger partial charge in [-0.2, -0.15) is 9.97 Å². The molecule has 0 aromatic carbocycles. The first kappa shape index (κ1) is 12.2. The van der Waals surface area contributed by atoms with Gasteiger partial charge < -0.3 is 31.0 Å². The Balaban J connectivity index is 2.02. The van der Waals surface area contributed by atoms with Crippen LogP contribution in [0.25, 0.3) is 11.0 Å². The van der Waals surface area contributed by atoms with Crippen LogP contribution in [0, 0.1) is 0 Å². The molecule has 0 radical (unpaired) electrons. The first-order valence-corrected chi connectivity index (χ1v) is 5.94. The zero-order chi connectivity index (χ0) is 13.6. The van der Waals surface area contributed by atoms with Gasteiger partial charge in [-0.3, -0.25) is 0 Å². The monoisotopic (exact) mass is 265 g/mol. The number of aliphatic hydroxyl groups is 2. The number of fused-ring (bicyclic) bond motifs is 1. The van der Waals surface area contributed by atoms with E-state index in [4.69, 9.17) is 21.3 Å². The van der Waals surface area contributed by atoms with E-state index >= 15 is 0 Å². The van der Waals surface area contributed by atoms with Crippen molar-refractivity contribution in [3.05, 3.63) is 12.3 Å². The molecule has 8 heteroatoms. The molecular weight excluding hydrogens is 250 g/mol. The molecule has 6 N–H and O–H groups in total. The molecule has 2 aromatic heterocycles. The van der Waals surface area contributed by atoms with E-state index in [1.807, 2.05) is 0 Å². The molecule has 0 saturated carbocycles. The summed E-state index contributed by atoms with van der Waals surface area (Å²) in [4.78, 5) is 8.03. The lowest BCUT2D eigenvalue weighted by Gasteiger charge is -2.14. The molecule has 3 atom stereocenters. The molecule has 3 heterocycles. The van der Waals surface area contributed by atoms with Crippen molar-refractivity contribution < 1.29 is 14.9 Å². The van der Waals surface area contributed by atoms with E-state index in [1.54, 1.807) is 16.8 Å². The Morgan fingerprint density at radius 1 is 1.42 bits per heavy atom. The maximum absolute atomic E-state index is 9.76. The number of rotatable bonds is 2. The van der Waals surface area contributed by atoms with Crippen LogP contribution >= 0.6 is 0 Å². The van der Waals surface area contributed by atoms with E-state index in [2.05, 4.69) is 9.97 Å². The lowest BCUT2D eigenvalue weighted by Crippen LogP contribution is -2.24. The van der Waals surface area contributed by atoms with Crippen LogP contribution < -0.4 is 11.5 Å². The molecule has 3 rings (SSSR count). The van der Waals surface area contributed by atoms with Gasteiger partial charge >= 0.3 is 0 Å². The van der Waals surface area contributed by atoms with Gasteiger partial charge in [0, 0.05) is 12.6 Å². The van der Waals surface area contributed by atoms with Gasteiger partial charge in [0.05, 0.1) is 18.1 Å². The Labute approximate surface area is 108 Å². The van der Waals surface area contributed by atoms with Crippen LogP contribution in [0.5, 0.6) is 0 Å². The third-order valence-electron chi connectivity index (χ3n) is 3.31. The van der Waals surface area contributed by atoms with Crippen molar-refractivity contribution in [3.63, 3.8) is 0 Å². The summed E-state index contributed by atoms with van der Waals surface area (Å²) in [5.74, 6) is 0.390. The lowest BCUT2D eigenvalue weighted by molar-refractivity contribution is -0.0430. The van der Waals surface area contributed by atoms with Crippen LogP contribution in [0.1, 0.15) is 12.6 Å². The summed E-state index contributed by atoms with van der Waals surface area (Å²) in [7, 11) is 0. The summed E-state index contributed by atoms with van der Waals surface area (Å²) in [5, 5.41) is 19.5. The molecule has 19 heavy (non-hydrogen) atoms. The first-order chi connectivity index (χ1) is 9.10. The number of nitrogens with zero attached hydrogens (tertiary/aromatic N) is 3. The highest BCUT2D eigenvalue weighted by Gasteiger charge is 2.35. The molecule has 0 bridgehead atoms. The molecule has 2 aromatic rings. The molecule has 8 nitrogen and oxygen atoms in total. The molecule has 1 aliphatic heterocycles. The van der Waals surface area contributed by atoms with Gasteiger partial charge in [0.2, 0.25) is 5.95 Å². The van der Waals surface area contributed by atoms with Gasteiger partial charge in [0.1, 0.15) is 23.8 Å². The Morgan fingerprint density at radius 3 is 2.89 bits per heavy atom. The summed E-state index contributed by atoms with van der Waals surface area (Å²) in [5.41, 5.74) is 11.9. The van der Waals surface area contributed by atoms with Crippen molar-refractivity contribution in [2.75, 3.05) is 18.1 Å². The quantitative estimate of drug-likeness (QED) is 0.560. The van der Waals surface area contributed by atoms with E-state index in [1.165, 1.54) is 0 Å². The minimum absolute atomic E-state index is 0.0854. The van der Waals surface area contributed by atoms with E-state index in [0.29, 0.717) is 23.3 Å². The van der Waals surface area contributed by atoms with E-state index < -0.39 is 18.4 Å². The van der Waals surface area contributed by atoms with Crippen LogP contribution in [0.3, 0.4) is 0 Å². The third kappa shape index (κ3) is 1.89. The molecular formula is C11H15N5O3. The topological polar surface area (TPSA) is 132 Å². The number of aromatic nitrogens is 3. The van der Waals surface area contributed by atoms with Crippen LogP contribution in [0.2, 0.25) is 0 Å². The second-order valence-corrected chi connectivity index (χ2v) is 4.54. The van der Waals surface area contributed by atoms with Crippen molar-refractivity contribution in [3.8, 4) is 0 Å². The maximum atomic E-state index is 9.76. The standard InChI is InChI=1S/C11H15N5O3/c12-9-5-1-2-16(10(5)15-11(13)14-9)8-3-6(18)7(4-17)19-8/h1-2,6-8,17-18H,3-4H2,(H4,12,13,14,15)/t6-,7+,8+/m0/s1. The zero-order valence-corrected chi connectivity index (χ0v) is 10.1. The molecule has 102 valence electrons. The maximum Gasteiger partial charge on any atom is 0.223 e. The fourth-order valence-corrected chi connectivity index (χ4v) is 2.36. The largest absolute Gasteiger partial charge is 0.394 e. The Kier molecular flexibility index (Phi) is 2.77. The second-order valence-electron chi connectivity index (χ2n) is 4.54. The second kappa shape index (κ2) is 4.34. The predicted octanol–water partition coefficient (Wildman–Crippen LogP) is -0.764. The van der Waals surface area contributed by atoms with Crippen molar-refractivity contribution in [1.29, 1.82) is 0 Å². The fraction of sp³-hybridized carbons (Fsp3) is 0.455. The highest BCUT2D eigenvalue weighted by Crippen LogP contribution is 2.32. The molecule has 0 amide bonds. The molecule has 1 saturated heterocycles. The summed E-state index contributed by atoms with van der Waals surface area (Å²) < 4.78 is 7.31. The van der Waals surface area contributed by atoms with Gasteiger partial charge in [0.15, 0.2) is 0 Å². The lowest BCUT2D eigenvalue weighted by atomic mass is 10.2. The third-order valence-corrected chi connectivity index (χ3v) is 3.31. The van der Waals surface area contributed by atoms with E-state index in [-0.39, 0.29) is 12.6 Å². The number of hydrogen-bond acceptors (Lipinski definition) is 7. The zero-order valence-electron chi connectivity index (χ0n) is 10.1. The molecule has 1 fully saturated rings. The fourth-order valence-electron chi connectivity index (χ4n) is 2.36.